The maximum absolute atomic E-state index is 13.4. The minimum atomic E-state index is -0.956. The predicted molar refractivity (Wildman–Crippen MR) is 90.5 cm³/mol. The van der Waals surface area contributed by atoms with Crippen LogP contribution in [0.25, 0.3) is 10.2 Å². The Balaban J connectivity index is 1.65. The molecule has 0 unspecified atom stereocenters. The molecule has 3 aromatic rings. The second-order valence-electron chi connectivity index (χ2n) is 5.94. The Morgan fingerprint density at radius 3 is 2.76 bits per heavy atom. The molecule has 1 aliphatic heterocycles. The van der Waals surface area contributed by atoms with Gasteiger partial charge in [0.15, 0.2) is 16.8 Å². The number of aromatic nitrogens is 3. The first kappa shape index (κ1) is 16.1. The summed E-state index contributed by atoms with van der Waals surface area (Å²) in [5.74, 6) is -2.11. The molecule has 9 heteroatoms. The monoisotopic (exact) mass is 363 g/mol. The summed E-state index contributed by atoms with van der Waals surface area (Å²) >= 11 is 1.11. The summed E-state index contributed by atoms with van der Waals surface area (Å²) in [6.07, 6.45) is 4.59. The minimum absolute atomic E-state index is 0.224. The zero-order valence-corrected chi connectivity index (χ0v) is 13.9. The van der Waals surface area contributed by atoms with Crippen LogP contribution in [0.15, 0.2) is 30.6 Å². The van der Waals surface area contributed by atoms with Crippen molar-refractivity contribution in [2.45, 2.75) is 18.4 Å². The molecule has 2 N–H and O–H groups in total. The summed E-state index contributed by atoms with van der Waals surface area (Å²) in [5.41, 5.74) is -0.485. The van der Waals surface area contributed by atoms with Gasteiger partial charge in [0.25, 0.3) is 5.91 Å². The Morgan fingerprint density at radius 2 is 2.04 bits per heavy atom. The van der Waals surface area contributed by atoms with E-state index in [2.05, 4.69) is 20.7 Å². The number of nitrogens with one attached hydrogen (secondary N) is 2. The average molecular weight is 363 g/mol. The van der Waals surface area contributed by atoms with Crippen LogP contribution in [0, 0.1) is 11.6 Å². The highest BCUT2D eigenvalue weighted by molar-refractivity contribution is 7.22. The molecule has 1 aliphatic rings. The maximum atomic E-state index is 13.4. The molecule has 3 heterocycles. The third-order valence-corrected chi connectivity index (χ3v) is 5.38. The lowest BCUT2D eigenvalue weighted by atomic mass is 9.87. The van der Waals surface area contributed by atoms with Crippen molar-refractivity contribution in [2.24, 2.45) is 0 Å². The van der Waals surface area contributed by atoms with Gasteiger partial charge in [0, 0.05) is 18.5 Å². The van der Waals surface area contributed by atoms with Crippen molar-refractivity contribution in [3.8, 4) is 0 Å². The number of fused-ring (bicyclic) bond motifs is 1. The summed E-state index contributed by atoms with van der Waals surface area (Å²) in [6.45, 7) is 1.40. The van der Waals surface area contributed by atoms with Gasteiger partial charge in [-0.15, -0.1) is 0 Å². The Bertz CT molecular complexity index is 879. The number of rotatable bonds is 3. The molecular formula is C16H15F2N5OS. The molecule has 1 fully saturated rings. The molecule has 1 amide bonds. The Labute approximate surface area is 145 Å². The summed E-state index contributed by atoms with van der Waals surface area (Å²) in [6, 6.07) is 3.90. The van der Waals surface area contributed by atoms with E-state index >= 15 is 0 Å². The van der Waals surface area contributed by atoms with E-state index in [9.17, 15) is 13.6 Å². The van der Waals surface area contributed by atoms with Crippen LogP contribution in [0.4, 0.5) is 13.9 Å². The number of hydrogen-bond acceptors (Lipinski definition) is 5. The first-order valence-corrected chi connectivity index (χ1v) is 8.68. The lowest BCUT2D eigenvalue weighted by molar-refractivity contribution is -0.126. The zero-order valence-electron chi connectivity index (χ0n) is 13.1. The van der Waals surface area contributed by atoms with Crippen LogP contribution in [0.5, 0.6) is 0 Å². The quantitative estimate of drug-likeness (QED) is 0.750. The van der Waals surface area contributed by atoms with Crippen molar-refractivity contribution in [1.29, 1.82) is 0 Å². The number of carbonyl (C=O) groups excluding carboxylic acids is 1. The van der Waals surface area contributed by atoms with Crippen molar-refractivity contribution in [1.82, 2.24) is 20.1 Å². The molecule has 0 aliphatic carbocycles. The summed E-state index contributed by atoms with van der Waals surface area (Å²) in [5, 5.41) is 10.6. The van der Waals surface area contributed by atoms with E-state index in [1.165, 1.54) is 0 Å². The molecule has 0 atom stereocenters. The van der Waals surface area contributed by atoms with Crippen LogP contribution in [-0.4, -0.2) is 33.8 Å². The topological polar surface area (TPSA) is 71.8 Å². The average Bonchev–Trinajstić information content (AvgIpc) is 3.26. The second kappa shape index (κ2) is 6.16. The summed E-state index contributed by atoms with van der Waals surface area (Å²) < 4.78 is 28.9. The molecule has 0 saturated carbocycles. The van der Waals surface area contributed by atoms with Gasteiger partial charge >= 0.3 is 0 Å². The Hall–Kier alpha value is -2.39. The smallest absolute Gasteiger partial charge is 0.254 e. The maximum Gasteiger partial charge on any atom is 0.254 e. The molecule has 0 radical (unpaired) electrons. The summed E-state index contributed by atoms with van der Waals surface area (Å²) in [7, 11) is 0. The third kappa shape index (κ3) is 2.79. The van der Waals surface area contributed by atoms with Gasteiger partial charge in [0.05, 0.1) is 10.2 Å². The Morgan fingerprint density at radius 1 is 1.28 bits per heavy atom. The van der Waals surface area contributed by atoms with Gasteiger partial charge in [0.2, 0.25) is 0 Å². The fraction of sp³-hybridized carbons (Fsp3) is 0.312. The van der Waals surface area contributed by atoms with Gasteiger partial charge in [-0.05, 0) is 38.1 Å². The van der Waals surface area contributed by atoms with E-state index in [0.29, 0.717) is 41.3 Å². The highest BCUT2D eigenvalue weighted by Gasteiger charge is 2.42. The lowest BCUT2D eigenvalue weighted by Crippen LogP contribution is -2.52. The van der Waals surface area contributed by atoms with Crippen LogP contribution in [-0.2, 0) is 10.3 Å². The number of benzene rings is 1. The Kier molecular flexibility index (Phi) is 3.97. The number of carbonyl (C=O) groups is 1. The highest BCUT2D eigenvalue weighted by atomic mass is 32.1. The van der Waals surface area contributed by atoms with Crippen LogP contribution in [0.2, 0.25) is 0 Å². The second-order valence-corrected chi connectivity index (χ2v) is 6.97. The molecular weight excluding hydrogens is 348 g/mol. The first-order valence-electron chi connectivity index (χ1n) is 7.86. The highest BCUT2D eigenvalue weighted by Crippen LogP contribution is 2.32. The number of hydrogen-bond donors (Lipinski definition) is 2. The third-order valence-electron chi connectivity index (χ3n) is 4.45. The standard InChI is InChI=1S/C16H15F2N5OS/c17-10-8-12-13(9-11(10)18)25-15(21-12)22-14(24)16(2-5-19-6-3-16)23-7-1-4-20-23/h1,4,7-9,19H,2-3,5-6H2,(H,21,22,24). The molecule has 6 nitrogen and oxygen atoms in total. The molecule has 25 heavy (non-hydrogen) atoms. The zero-order chi connectivity index (χ0) is 17.4. The molecule has 0 spiro atoms. The van der Waals surface area contributed by atoms with Crippen molar-refractivity contribution in [2.75, 3.05) is 18.4 Å². The van der Waals surface area contributed by atoms with Gasteiger partial charge in [-0.25, -0.2) is 13.8 Å². The summed E-state index contributed by atoms with van der Waals surface area (Å²) in [4.78, 5) is 17.2. The van der Waals surface area contributed by atoms with E-state index in [4.69, 9.17) is 0 Å². The number of thiazole rings is 1. The molecule has 4 rings (SSSR count). The van der Waals surface area contributed by atoms with Gasteiger partial charge in [-0.2, -0.15) is 5.10 Å². The molecule has 1 saturated heterocycles. The minimum Gasteiger partial charge on any atom is -0.317 e. The van der Waals surface area contributed by atoms with Gasteiger partial charge in [0.1, 0.15) is 5.54 Å². The van der Waals surface area contributed by atoms with Gasteiger partial charge in [-0.1, -0.05) is 11.3 Å². The van der Waals surface area contributed by atoms with Gasteiger partial charge in [-0.3, -0.25) is 14.8 Å². The van der Waals surface area contributed by atoms with Crippen molar-refractivity contribution in [3.05, 3.63) is 42.2 Å². The van der Waals surface area contributed by atoms with Crippen LogP contribution >= 0.6 is 11.3 Å². The lowest BCUT2D eigenvalue weighted by Gasteiger charge is -2.36. The van der Waals surface area contributed by atoms with Gasteiger partial charge < -0.3 is 5.32 Å². The number of nitrogens with zero attached hydrogens (tertiary/aromatic N) is 3. The van der Waals surface area contributed by atoms with Crippen LogP contribution in [0.1, 0.15) is 12.8 Å². The fourth-order valence-electron chi connectivity index (χ4n) is 3.11. The van der Waals surface area contributed by atoms with E-state index in [0.717, 1.165) is 23.5 Å². The van der Waals surface area contributed by atoms with E-state index < -0.39 is 17.2 Å². The molecule has 130 valence electrons. The SMILES string of the molecule is O=C(Nc1nc2cc(F)c(F)cc2s1)C1(n2cccn2)CCNCC1. The largest absolute Gasteiger partial charge is 0.317 e. The van der Waals surface area contributed by atoms with E-state index in [1.54, 1.807) is 23.1 Å². The molecule has 0 bridgehead atoms. The van der Waals surface area contributed by atoms with Crippen molar-refractivity contribution >= 4 is 32.6 Å². The predicted octanol–water partition coefficient (Wildman–Crippen LogP) is 2.49. The van der Waals surface area contributed by atoms with Crippen LogP contribution < -0.4 is 10.6 Å². The van der Waals surface area contributed by atoms with E-state index in [1.807, 2.05) is 0 Å². The first-order chi connectivity index (χ1) is 12.1. The van der Waals surface area contributed by atoms with Crippen molar-refractivity contribution in [3.63, 3.8) is 0 Å². The molecule has 1 aromatic carbocycles. The number of amides is 1. The normalized spacial score (nSPS) is 16.9. The number of halogens is 2. The number of anilines is 1. The number of piperidine rings is 1. The fourth-order valence-corrected chi connectivity index (χ4v) is 3.98. The van der Waals surface area contributed by atoms with Crippen LogP contribution in [0.3, 0.4) is 0 Å². The van der Waals surface area contributed by atoms with Crippen molar-refractivity contribution < 1.29 is 13.6 Å². The van der Waals surface area contributed by atoms with E-state index in [-0.39, 0.29) is 5.91 Å². The molecule has 2 aromatic heterocycles.